The minimum Gasteiger partial charge on any atom is -0.497 e. The molecule has 0 atom stereocenters. The summed E-state index contributed by atoms with van der Waals surface area (Å²) >= 11 is 0. The topological polar surface area (TPSA) is 26.3 Å². The van der Waals surface area contributed by atoms with Gasteiger partial charge in [0.15, 0.2) is 0 Å². The largest absolute Gasteiger partial charge is 0.497 e. The molecule has 0 bridgehead atoms. The maximum Gasteiger partial charge on any atom is 0.150 e. The van der Waals surface area contributed by atoms with E-state index in [0.717, 1.165) is 17.6 Å². The Labute approximate surface area is 83.5 Å². The average molecular weight is 188 g/mol. The molecule has 72 valence electrons. The number of carbonyl (C=O) groups is 1. The summed E-state index contributed by atoms with van der Waals surface area (Å²) in [6.45, 7) is 3.47. The number of rotatable bonds is 4. The maximum absolute atomic E-state index is 10.7. The Hall–Kier alpha value is -1.79. The van der Waals surface area contributed by atoms with Crippen molar-refractivity contribution in [3.05, 3.63) is 47.7 Å². The molecule has 1 aromatic carbocycles. The van der Waals surface area contributed by atoms with Crippen LogP contribution in [-0.2, 0) is 6.42 Å². The number of benzene rings is 1. The van der Waals surface area contributed by atoms with Gasteiger partial charge in [-0.25, -0.2) is 0 Å². The molecule has 1 aromatic rings. The van der Waals surface area contributed by atoms with E-state index in [0.29, 0.717) is 12.0 Å². The summed E-state index contributed by atoms with van der Waals surface area (Å²) in [6.07, 6.45) is 3.27. The Balaban J connectivity index is 3.07. The van der Waals surface area contributed by atoms with Crippen molar-refractivity contribution in [1.29, 1.82) is 0 Å². The Morgan fingerprint density at radius 2 is 2.36 bits per heavy atom. The minimum atomic E-state index is 0.648. The number of methoxy groups -OCH3 is 1. The normalized spacial score (nSPS) is 8.93. The van der Waals surface area contributed by atoms with Crippen molar-refractivity contribution < 1.29 is 9.53 Å². The van der Waals surface area contributed by atoms with Crippen LogP contribution in [0.2, 0.25) is 0 Å². The SMILES string of the molecule is C=C=CCc1cc(OC)ccc1C=O. The molecule has 0 aliphatic heterocycles. The van der Waals surface area contributed by atoms with Gasteiger partial charge in [0.2, 0.25) is 0 Å². The maximum atomic E-state index is 10.7. The lowest BCUT2D eigenvalue weighted by molar-refractivity contribution is 0.112. The second kappa shape index (κ2) is 5.05. The van der Waals surface area contributed by atoms with Crippen molar-refractivity contribution in [1.82, 2.24) is 0 Å². The Morgan fingerprint density at radius 1 is 1.57 bits per heavy atom. The highest BCUT2D eigenvalue weighted by molar-refractivity contribution is 5.77. The number of allylic oxidation sites excluding steroid dienone is 1. The fraction of sp³-hybridized carbons (Fsp3) is 0.167. The highest BCUT2D eigenvalue weighted by Crippen LogP contribution is 2.17. The summed E-state index contributed by atoms with van der Waals surface area (Å²) in [5.74, 6) is 0.753. The molecule has 0 radical (unpaired) electrons. The van der Waals surface area contributed by atoms with Gasteiger partial charge >= 0.3 is 0 Å². The lowest BCUT2D eigenvalue weighted by Crippen LogP contribution is -1.92. The van der Waals surface area contributed by atoms with E-state index >= 15 is 0 Å². The van der Waals surface area contributed by atoms with E-state index in [4.69, 9.17) is 4.74 Å². The lowest BCUT2D eigenvalue weighted by Gasteiger charge is -2.04. The molecule has 0 saturated carbocycles. The second-order valence-electron chi connectivity index (χ2n) is 2.79. The van der Waals surface area contributed by atoms with Crippen LogP contribution >= 0.6 is 0 Å². The molecule has 2 heteroatoms. The predicted octanol–water partition coefficient (Wildman–Crippen LogP) is 2.39. The van der Waals surface area contributed by atoms with Crippen LogP contribution < -0.4 is 4.74 Å². The number of hydrogen-bond acceptors (Lipinski definition) is 2. The van der Waals surface area contributed by atoms with Crippen LogP contribution in [0.5, 0.6) is 5.75 Å². The second-order valence-corrected chi connectivity index (χ2v) is 2.79. The third-order valence-electron chi connectivity index (χ3n) is 1.94. The molecule has 0 fully saturated rings. The Bertz CT molecular complexity index is 374. The van der Waals surface area contributed by atoms with Gasteiger partial charge in [-0.3, -0.25) is 4.79 Å². The quantitative estimate of drug-likeness (QED) is 0.535. The summed E-state index contributed by atoms with van der Waals surface area (Å²) in [6, 6.07) is 5.36. The number of carbonyl (C=O) groups excluding carboxylic acids is 1. The Kier molecular flexibility index (Phi) is 3.71. The molecule has 0 unspecified atom stereocenters. The van der Waals surface area contributed by atoms with E-state index in [1.54, 1.807) is 25.3 Å². The van der Waals surface area contributed by atoms with Crippen LogP contribution in [0, 0.1) is 0 Å². The zero-order valence-electron chi connectivity index (χ0n) is 8.12. The standard InChI is InChI=1S/C12H12O2/c1-3-4-5-10-8-12(14-2)7-6-11(10)9-13/h4,6-9H,1,5H2,2H3. The molecule has 0 aliphatic rings. The Morgan fingerprint density at radius 3 is 2.93 bits per heavy atom. The molecule has 0 heterocycles. The van der Waals surface area contributed by atoms with Crippen LogP contribution in [0.15, 0.2) is 36.6 Å². The van der Waals surface area contributed by atoms with Gasteiger partial charge < -0.3 is 4.74 Å². The molecule has 2 nitrogen and oxygen atoms in total. The monoisotopic (exact) mass is 188 g/mol. The first-order valence-electron chi connectivity index (χ1n) is 4.28. The molecular formula is C12H12O2. The summed E-state index contributed by atoms with van der Waals surface area (Å²) in [4.78, 5) is 10.7. The van der Waals surface area contributed by atoms with Crippen molar-refractivity contribution >= 4 is 6.29 Å². The van der Waals surface area contributed by atoms with Crippen molar-refractivity contribution in [3.63, 3.8) is 0 Å². The van der Waals surface area contributed by atoms with Gasteiger partial charge in [0.1, 0.15) is 12.0 Å². The molecule has 0 aromatic heterocycles. The molecule has 0 saturated heterocycles. The van der Waals surface area contributed by atoms with Gasteiger partial charge in [-0.1, -0.05) is 6.58 Å². The number of ether oxygens (including phenoxy) is 1. The summed E-state index contributed by atoms with van der Waals surface area (Å²) < 4.78 is 5.07. The van der Waals surface area contributed by atoms with Gasteiger partial charge in [-0.05, 0) is 36.3 Å². The first-order valence-corrected chi connectivity index (χ1v) is 4.28. The predicted molar refractivity (Wildman–Crippen MR) is 55.8 cm³/mol. The van der Waals surface area contributed by atoms with Gasteiger partial charge in [0, 0.05) is 5.56 Å². The molecule has 0 spiro atoms. The first kappa shape index (κ1) is 10.3. The average Bonchev–Trinajstić information content (AvgIpc) is 2.25. The molecular weight excluding hydrogens is 176 g/mol. The van der Waals surface area contributed by atoms with Crippen LogP contribution in [0.3, 0.4) is 0 Å². The number of aldehydes is 1. The van der Waals surface area contributed by atoms with Crippen LogP contribution in [-0.4, -0.2) is 13.4 Å². The van der Waals surface area contributed by atoms with Crippen molar-refractivity contribution in [3.8, 4) is 5.75 Å². The third-order valence-corrected chi connectivity index (χ3v) is 1.94. The highest BCUT2D eigenvalue weighted by atomic mass is 16.5. The van der Waals surface area contributed by atoms with E-state index in [9.17, 15) is 4.79 Å². The zero-order valence-corrected chi connectivity index (χ0v) is 8.12. The van der Waals surface area contributed by atoms with E-state index in [2.05, 4.69) is 12.3 Å². The lowest BCUT2D eigenvalue weighted by atomic mass is 10.1. The van der Waals surface area contributed by atoms with Crippen molar-refractivity contribution in [2.45, 2.75) is 6.42 Å². The smallest absolute Gasteiger partial charge is 0.150 e. The van der Waals surface area contributed by atoms with Crippen LogP contribution in [0.1, 0.15) is 15.9 Å². The molecule has 1 rings (SSSR count). The molecule has 14 heavy (non-hydrogen) atoms. The number of hydrogen-bond donors (Lipinski definition) is 0. The zero-order chi connectivity index (χ0) is 10.4. The van der Waals surface area contributed by atoms with E-state index in [-0.39, 0.29) is 0 Å². The van der Waals surface area contributed by atoms with E-state index in [1.165, 1.54) is 0 Å². The molecule has 0 aliphatic carbocycles. The third kappa shape index (κ3) is 2.35. The summed E-state index contributed by atoms with van der Waals surface area (Å²) in [5.41, 5.74) is 4.28. The van der Waals surface area contributed by atoms with Gasteiger partial charge in [-0.2, -0.15) is 0 Å². The van der Waals surface area contributed by atoms with Gasteiger partial charge in [-0.15, -0.1) is 5.73 Å². The summed E-state index contributed by atoms with van der Waals surface area (Å²) in [5, 5.41) is 0. The van der Waals surface area contributed by atoms with Crippen molar-refractivity contribution in [2.24, 2.45) is 0 Å². The highest BCUT2D eigenvalue weighted by Gasteiger charge is 2.01. The van der Waals surface area contributed by atoms with E-state index < -0.39 is 0 Å². The van der Waals surface area contributed by atoms with Crippen LogP contribution in [0.25, 0.3) is 0 Å². The van der Waals surface area contributed by atoms with E-state index in [1.807, 2.05) is 6.07 Å². The molecule has 0 N–H and O–H groups in total. The minimum absolute atomic E-state index is 0.648. The van der Waals surface area contributed by atoms with Gasteiger partial charge in [0.05, 0.1) is 7.11 Å². The fourth-order valence-corrected chi connectivity index (χ4v) is 1.18. The van der Waals surface area contributed by atoms with Gasteiger partial charge in [0.25, 0.3) is 0 Å². The fourth-order valence-electron chi connectivity index (χ4n) is 1.18. The first-order chi connectivity index (χ1) is 6.81. The van der Waals surface area contributed by atoms with Crippen LogP contribution in [0.4, 0.5) is 0 Å². The summed E-state index contributed by atoms with van der Waals surface area (Å²) in [7, 11) is 1.60. The molecule has 0 amide bonds. The van der Waals surface area contributed by atoms with Crippen molar-refractivity contribution in [2.75, 3.05) is 7.11 Å².